The number of nitrogens with zero attached hydrogens (tertiary/aromatic N) is 3. The van der Waals surface area contributed by atoms with Crippen LogP contribution in [0, 0.1) is 12.3 Å². The Labute approximate surface area is 150 Å². The Kier molecular flexibility index (Phi) is 4.01. The molecular weight excluding hydrogens is 328 g/mol. The van der Waals surface area contributed by atoms with Crippen molar-refractivity contribution in [2.75, 3.05) is 6.54 Å². The fourth-order valence-electron chi connectivity index (χ4n) is 3.00. The number of benzene rings is 1. The molecule has 1 amide bonds. The lowest BCUT2D eigenvalue weighted by Gasteiger charge is -2.09. The summed E-state index contributed by atoms with van der Waals surface area (Å²) >= 11 is 0. The first-order valence-corrected chi connectivity index (χ1v) is 8.48. The second-order valence-corrected chi connectivity index (χ2v) is 6.31. The molecule has 0 atom stereocenters. The first-order chi connectivity index (χ1) is 12.7. The second-order valence-electron chi connectivity index (χ2n) is 6.31. The molecule has 130 valence electrons. The minimum atomic E-state index is -0.386. The summed E-state index contributed by atoms with van der Waals surface area (Å²) in [6, 6.07) is 9.73. The van der Waals surface area contributed by atoms with Crippen LogP contribution in [0.5, 0.6) is 0 Å². The molecule has 7 nitrogen and oxygen atoms in total. The number of terminal acetylenes is 1. The van der Waals surface area contributed by atoms with Crippen molar-refractivity contribution in [1.82, 2.24) is 20.5 Å². The molecule has 26 heavy (non-hydrogen) atoms. The van der Waals surface area contributed by atoms with Gasteiger partial charge < -0.3 is 10.3 Å². The highest BCUT2D eigenvalue weighted by atomic mass is 16.1. The molecule has 0 unspecified atom stereocenters. The summed E-state index contributed by atoms with van der Waals surface area (Å²) in [7, 11) is 0. The van der Waals surface area contributed by atoms with Crippen molar-refractivity contribution in [2.45, 2.75) is 24.9 Å². The van der Waals surface area contributed by atoms with Crippen molar-refractivity contribution in [3.63, 3.8) is 0 Å². The molecule has 4 rings (SSSR count). The highest BCUT2D eigenvalue weighted by Gasteiger charge is 2.38. The number of nitrogens with one attached hydrogen (secondary N) is 3. The van der Waals surface area contributed by atoms with Gasteiger partial charge in [-0.15, -0.1) is 12.3 Å². The van der Waals surface area contributed by atoms with Gasteiger partial charge in [0.2, 0.25) is 0 Å². The van der Waals surface area contributed by atoms with Crippen LogP contribution in [0.2, 0.25) is 0 Å². The van der Waals surface area contributed by atoms with E-state index in [2.05, 4.69) is 36.6 Å². The number of hydrogen-bond acceptors (Lipinski definition) is 4. The molecule has 3 aromatic rings. The van der Waals surface area contributed by atoms with Gasteiger partial charge in [-0.3, -0.25) is 9.89 Å². The van der Waals surface area contributed by atoms with Crippen molar-refractivity contribution < 1.29 is 4.79 Å². The molecule has 1 aliphatic rings. The van der Waals surface area contributed by atoms with Gasteiger partial charge in [0.1, 0.15) is 5.69 Å². The normalized spacial score (nSPS) is 14.3. The molecule has 1 aromatic carbocycles. The van der Waals surface area contributed by atoms with Crippen LogP contribution in [0.3, 0.4) is 0 Å². The molecule has 0 radical (unpaired) electrons. The molecular formula is C19H18N6O. The van der Waals surface area contributed by atoms with E-state index in [9.17, 15) is 4.79 Å². The molecule has 2 aromatic heterocycles. The zero-order valence-corrected chi connectivity index (χ0v) is 14.1. The molecule has 0 aliphatic carbocycles. The molecule has 3 heterocycles. The van der Waals surface area contributed by atoms with Crippen molar-refractivity contribution in [3.8, 4) is 23.6 Å². The molecule has 0 saturated carbocycles. The molecule has 0 saturated heterocycles. The maximum Gasteiger partial charge on any atom is 0.269 e. The van der Waals surface area contributed by atoms with Gasteiger partial charge in [-0.05, 0) is 12.1 Å². The number of rotatable bonds is 7. The number of aromatic amines is 2. The lowest BCUT2D eigenvalue weighted by Crippen LogP contribution is -2.28. The SMILES string of the molecule is C#CCCC1(CCNC(=O)c2cc(-c3c[nH]c4ccccc34)n[nH]2)N=N1. The number of H-pyrrole nitrogens is 2. The second kappa shape index (κ2) is 6.48. The third-order valence-corrected chi connectivity index (χ3v) is 4.55. The van der Waals surface area contributed by atoms with E-state index in [0.717, 1.165) is 28.6 Å². The van der Waals surface area contributed by atoms with E-state index in [0.29, 0.717) is 25.1 Å². The van der Waals surface area contributed by atoms with Crippen molar-refractivity contribution in [2.24, 2.45) is 10.2 Å². The van der Waals surface area contributed by atoms with Gasteiger partial charge in [0.15, 0.2) is 5.66 Å². The first-order valence-electron chi connectivity index (χ1n) is 8.48. The van der Waals surface area contributed by atoms with E-state index >= 15 is 0 Å². The summed E-state index contributed by atoms with van der Waals surface area (Å²) in [5.74, 6) is 2.40. The highest BCUT2D eigenvalue weighted by Crippen LogP contribution is 2.36. The Balaban J connectivity index is 1.39. The quantitative estimate of drug-likeness (QED) is 0.572. The van der Waals surface area contributed by atoms with Crippen LogP contribution in [-0.4, -0.2) is 33.3 Å². The van der Waals surface area contributed by atoms with Crippen molar-refractivity contribution in [3.05, 3.63) is 42.2 Å². The van der Waals surface area contributed by atoms with Crippen LogP contribution >= 0.6 is 0 Å². The molecule has 0 fully saturated rings. The first kappa shape index (κ1) is 16.1. The largest absolute Gasteiger partial charge is 0.360 e. The smallest absolute Gasteiger partial charge is 0.269 e. The van der Waals surface area contributed by atoms with Crippen LogP contribution in [0.25, 0.3) is 22.2 Å². The highest BCUT2D eigenvalue weighted by molar-refractivity contribution is 5.97. The zero-order valence-electron chi connectivity index (χ0n) is 14.1. The number of fused-ring (bicyclic) bond motifs is 1. The summed E-state index contributed by atoms with van der Waals surface area (Å²) in [4.78, 5) is 15.5. The summed E-state index contributed by atoms with van der Waals surface area (Å²) in [6.07, 6.45) is 9.20. The predicted octanol–water partition coefficient (Wildman–Crippen LogP) is 3.25. The number of carbonyl (C=O) groups excluding carboxylic acids is 1. The maximum atomic E-state index is 12.3. The van der Waals surface area contributed by atoms with Crippen LogP contribution in [0.1, 0.15) is 29.8 Å². The average Bonchev–Trinajstić information content (AvgIpc) is 3.08. The summed E-state index contributed by atoms with van der Waals surface area (Å²) < 4.78 is 0. The topological polar surface area (TPSA) is 98.3 Å². The predicted molar refractivity (Wildman–Crippen MR) is 98.5 cm³/mol. The summed E-state index contributed by atoms with van der Waals surface area (Å²) in [5.41, 5.74) is 2.76. The minimum absolute atomic E-state index is 0.198. The van der Waals surface area contributed by atoms with Crippen LogP contribution in [-0.2, 0) is 0 Å². The monoisotopic (exact) mass is 346 g/mol. The Morgan fingerprint density at radius 1 is 1.27 bits per heavy atom. The van der Waals surface area contributed by atoms with E-state index in [-0.39, 0.29) is 11.6 Å². The van der Waals surface area contributed by atoms with Crippen LogP contribution in [0.15, 0.2) is 46.8 Å². The molecule has 1 aliphatic heterocycles. The van der Waals surface area contributed by atoms with Gasteiger partial charge >= 0.3 is 0 Å². The minimum Gasteiger partial charge on any atom is -0.360 e. The van der Waals surface area contributed by atoms with Crippen LogP contribution in [0.4, 0.5) is 0 Å². The summed E-state index contributed by atoms with van der Waals surface area (Å²) in [5, 5.41) is 19.2. The molecule has 7 heteroatoms. The fraction of sp³-hybridized carbons (Fsp3) is 0.263. The number of amides is 1. The Hall–Kier alpha value is -3.40. The Morgan fingerprint density at radius 3 is 2.92 bits per heavy atom. The van der Waals surface area contributed by atoms with E-state index in [4.69, 9.17) is 6.42 Å². The number of hydrogen-bond donors (Lipinski definition) is 3. The molecule has 0 bridgehead atoms. The van der Waals surface area contributed by atoms with Gasteiger partial charge in [0.05, 0.1) is 5.69 Å². The van der Waals surface area contributed by atoms with Crippen LogP contribution < -0.4 is 5.32 Å². The van der Waals surface area contributed by atoms with Crippen molar-refractivity contribution in [1.29, 1.82) is 0 Å². The summed E-state index contributed by atoms with van der Waals surface area (Å²) in [6.45, 7) is 0.484. The van der Waals surface area contributed by atoms with Gasteiger partial charge in [-0.2, -0.15) is 15.3 Å². The number of aromatic nitrogens is 3. The van der Waals surface area contributed by atoms with E-state index < -0.39 is 0 Å². The Morgan fingerprint density at radius 2 is 2.12 bits per heavy atom. The van der Waals surface area contributed by atoms with E-state index in [1.807, 2.05) is 30.5 Å². The molecule has 0 spiro atoms. The third kappa shape index (κ3) is 3.09. The average molecular weight is 346 g/mol. The fourth-order valence-corrected chi connectivity index (χ4v) is 3.00. The molecule has 3 N–H and O–H groups in total. The zero-order chi connectivity index (χ0) is 18.0. The lowest BCUT2D eigenvalue weighted by atomic mass is 10.0. The van der Waals surface area contributed by atoms with Gasteiger partial charge in [-0.1, -0.05) is 18.2 Å². The lowest BCUT2D eigenvalue weighted by molar-refractivity contribution is 0.0947. The number of para-hydroxylation sites is 1. The third-order valence-electron chi connectivity index (χ3n) is 4.55. The number of carbonyl (C=O) groups is 1. The van der Waals surface area contributed by atoms with E-state index in [1.54, 1.807) is 6.07 Å². The maximum absolute atomic E-state index is 12.3. The standard InChI is InChI=1S/C19H18N6O/c1-2-3-8-19(24-25-19)9-10-20-18(26)17-11-16(22-23-17)14-12-21-15-7-5-4-6-13(14)15/h1,4-7,11-12,21H,3,8-10H2,(H,20,26)(H,22,23). The van der Waals surface area contributed by atoms with Crippen molar-refractivity contribution >= 4 is 16.8 Å². The Bertz CT molecular complexity index is 1020. The van der Waals surface area contributed by atoms with Gasteiger partial charge in [-0.25, -0.2) is 0 Å². The van der Waals surface area contributed by atoms with Gasteiger partial charge in [0, 0.05) is 48.5 Å². The van der Waals surface area contributed by atoms with E-state index in [1.165, 1.54) is 0 Å². The van der Waals surface area contributed by atoms with Gasteiger partial charge in [0.25, 0.3) is 5.91 Å².